The van der Waals surface area contributed by atoms with E-state index in [1.807, 2.05) is 6.07 Å². The summed E-state index contributed by atoms with van der Waals surface area (Å²) in [6.45, 7) is 4.37. The third-order valence-electron chi connectivity index (χ3n) is 2.75. The number of ether oxygens (including phenoxy) is 3. The van der Waals surface area contributed by atoms with Crippen LogP contribution < -0.4 is 14.8 Å². The van der Waals surface area contributed by atoms with Gasteiger partial charge in [0.15, 0.2) is 11.5 Å². The molecule has 1 rings (SSSR count). The van der Waals surface area contributed by atoms with Crippen molar-refractivity contribution in [3.05, 3.63) is 22.7 Å². The molecule has 0 fully saturated rings. The van der Waals surface area contributed by atoms with E-state index in [4.69, 9.17) is 25.8 Å². The standard InChI is InChI=1S/C14H20ClNO4/c1-5-20-14(17)9(2)16-8-10-6-11(15)13(19-4)12(7-10)18-3/h6-7,9,16H,5,8H2,1-4H3. The molecule has 1 aromatic rings. The van der Waals surface area contributed by atoms with E-state index in [0.29, 0.717) is 29.7 Å². The van der Waals surface area contributed by atoms with Crippen molar-refractivity contribution in [3.8, 4) is 11.5 Å². The molecule has 0 amide bonds. The van der Waals surface area contributed by atoms with Crippen LogP contribution in [0.25, 0.3) is 0 Å². The van der Waals surface area contributed by atoms with Gasteiger partial charge in [-0.2, -0.15) is 0 Å². The molecule has 0 aliphatic carbocycles. The molecule has 0 heterocycles. The van der Waals surface area contributed by atoms with Crippen LogP contribution in [0.4, 0.5) is 0 Å². The van der Waals surface area contributed by atoms with Crippen LogP contribution in [0.15, 0.2) is 12.1 Å². The first-order valence-corrected chi connectivity index (χ1v) is 6.71. The van der Waals surface area contributed by atoms with Crippen LogP contribution in [0.1, 0.15) is 19.4 Å². The average molecular weight is 302 g/mol. The maximum absolute atomic E-state index is 11.5. The van der Waals surface area contributed by atoms with Gasteiger partial charge in [0.25, 0.3) is 0 Å². The number of hydrogen-bond donors (Lipinski definition) is 1. The Morgan fingerprint density at radius 3 is 2.60 bits per heavy atom. The lowest BCUT2D eigenvalue weighted by molar-refractivity contribution is -0.145. The van der Waals surface area contributed by atoms with E-state index < -0.39 is 0 Å². The smallest absolute Gasteiger partial charge is 0.322 e. The van der Waals surface area contributed by atoms with Crippen LogP contribution in [-0.4, -0.2) is 32.8 Å². The third kappa shape index (κ3) is 4.28. The van der Waals surface area contributed by atoms with E-state index in [1.165, 1.54) is 7.11 Å². The van der Waals surface area contributed by atoms with Gasteiger partial charge in [0.2, 0.25) is 0 Å². The van der Waals surface area contributed by atoms with Crippen molar-refractivity contribution in [1.29, 1.82) is 0 Å². The SMILES string of the molecule is CCOC(=O)C(C)NCc1cc(Cl)c(OC)c(OC)c1. The van der Waals surface area contributed by atoms with Crippen LogP contribution in [0, 0.1) is 0 Å². The molecule has 1 unspecified atom stereocenters. The van der Waals surface area contributed by atoms with Crippen molar-refractivity contribution < 1.29 is 19.0 Å². The molecule has 0 saturated heterocycles. The lowest BCUT2D eigenvalue weighted by Gasteiger charge is -2.15. The highest BCUT2D eigenvalue weighted by atomic mass is 35.5. The molecule has 0 spiro atoms. The highest BCUT2D eigenvalue weighted by Gasteiger charge is 2.15. The topological polar surface area (TPSA) is 56.8 Å². The lowest BCUT2D eigenvalue weighted by Crippen LogP contribution is -2.34. The first-order chi connectivity index (χ1) is 9.53. The minimum atomic E-state index is -0.387. The zero-order valence-electron chi connectivity index (χ0n) is 12.2. The van der Waals surface area contributed by atoms with Gasteiger partial charge in [-0.1, -0.05) is 11.6 Å². The Morgan fingerprint density at radius 1 is 1.35 bits per heavy atom. The van der Waals surface area contributed by atoms with Crippen molar-refractivity contribution >= 4 is 17.6 Å². The van der Waals surface area contributed by atoms with Gasteiger partial charge in [-0.05, 0) is 31.5 Å². The fourth-order valence-corrected chi connectivity index (χ4v) is 2.01. The Morgan fingerprint density at radius 2 is 2.05 bits per heavy atom. The molecule has 112 valence electrons. The predicted molar refractivity (Wildman–Crippen MR) is 77.5 cm³/mol. The number of methoxy groups -OCH3 is 2. The number of nitrogens with one attached hydrogen (secondary N) is 1. The summed E-state index contributed by atoms with van der Waals surface area (Å²) in [4.78, 5) is 11.5. The molecular formula is C14H20ClNO4. The number of halogens is 1. The molecule has 1 atom stereocenters. The molecular weight excluding hydrogens is 282 g/mol. The first-order valence-electron chi connectivity index (χ1n) is 6.33. The first kappa shape index (κ1) is 16.6. The van der Waals surface area contributed by atoms with Gasteiger partial charge < -0.3 is 19.5 Å². The van der Waals surface area contributed by atoms with E-state index in [9.17, 15) is 4.79 Å². The van der Waals surface area contributed by atoms with E-state index in [0.717, 1.165) is 5.56 Å². The van der Waals surface area contributed by atoms with Crippen molar-refractivity contribution in [2.45, 2.75) is 26.4 Å². The zero-order valence-corrected chi connectivity index (χ0v) is 12.9. The van der Waals surface area contributed by atoms with Crippen LogP contribution in [-0.2, 0) is 16.1 Å². The van der Waals surface area contributed by atoms with Gasteiger partial charge in [-0.25, -0.2) is 0 Å². The summed E-state index contributed by atoms with van der Waals surface area (Å²) in [5.41, 5.74) is 0.892. The zero-order chi connectivity index (χ0) is 15.1. The van der Waals surface area contributed by atoms with E-state index in [1.54, 1.807) is 27.0 Å². The molecule has 0 aliphatic rings. The van der Waals surface area contributed by atoms with Crippen molar-refractivity contribution in [1.82, 2.24) is 5.32 Å². The van der Waals surface area contributed by atoms with E-state index in [-0.39, 0.29) is 12.0 Å². The summed E-state index contributed by atoms with van der Waals surface area (Å²) in [7, 11) is 3.08. The fraction of sp³-hybridized carbons (Fsp3) is 0.500. The lowest BCUT2D eigenvalue weighted by atomic mass is 10.2. The molecule has 5 nitrogen and oxygen atoms in total. The van der Waals surface area contributed by atoms with Crippen LogP contribution in [0.5, 0.6) is 11.5 Å². The monoisotopic (exact) mass is 301 g/mol. The van der Waals surface area contributed by atoms with Gasteiger partial charge in [0, 0.05) is 6.54 Å². The van der Waals surface area contributed by atoms with Crippen molar-refractivity contribution in [3.63, 3.8) is 0 Å². The second-order valence-electron chi connectivity index (χ2n) is 4.17. The number of carbonyl (C=O) groups excluding carboxylic acids is 1. The molecule has 1 aromatic carbocycles. The summed E-state index contributed by atoms with van der Waals surface area (Å²) in [6, 6.07) is 3.20. The molecule has 0 aliphatic heterocycles. The van der Waals surface area contributed by atoms with Gasteiger partial charge in [0.1, 0.15) is 6.04 Å². The van der Waals surface area contributed by atoms with Crippen molar-refractivity contribution in [2.75, 3.05) is 20.8 Å². The van der Waals surface area contributed by atoms with Gasteiger partial charge in [0.05, 0.1) is 25.8 Å². The van der Waals surface area contributed by atoms with E-state index >= 15 is 0 Å². The third-order valence-corrected chi connectivity index (χ3v) is 3.03. The molecule has 20 heavy (non-hydrogen) atoms. The molecule has 1 N–H and O–H groups in total. The van der Waals surface area contributed by atoms with Gasteiger partial charge >= 0.3 is 5.97 Å². The minimum absolute atomic E-state index is 0.279. The highest BCUT2D eigenvalue weighted by Crippen LogP contribution is 2.35. The normalized spacial score (nSPS) is 11.8. The molecule has 0 radical (unpaired) electrons. The van der Waals surface area contributed by atoms with Gasteiger partial charge in [-0.15, -0.1) is 0 Å². The summed E-state index contributed by atoms with van der Waals surface area (Å²) < 4.78 is 15.3. The van der Waals surface area contributed by atoms with E-state index in [2.05, 4.69) is 5.32 Å². The predicted octanol–water partition coefficient (Wildman–Crippen LogP) is 2.40. The largest absolute Gasteiger partial charge is 0.493 e. The number of benzene rings is 1. The molecule has 6 heteroatoms. The Kier molecular flexibility index (Phi) is 6.61. The Labute approximate surface area is 124 Å². The maximum atomic E-state index is 11.5. The van der Waals surface area contributed by atoms with Crippen LogP contribution in [0.3, 0.4) is 0 Å². The minimum Gasteiger partial charge on any atom is -0.493 e. The summed E-state index contributed by atoms with van der Waals surface area (Å²) in [5.74, 6) is 0.774. The summed E-state index contributed by atoms with van der Waals surface area (Å²) in [6.07, 6.45) is 0. The molecule has 0 saturated carbocycles. The Balaban J connectivity index is 2.74. The summed E-state index contributed by atoms with van der Waals surface area (Å²) >= 11 is 6.12. The fourth-order valence-electron chi connectivity index (χ4n) is 1.69. The quantitative estimate of drug-likeness (QED) is 0.784. The number of rotatable bonds is 7. The summed E-state index contributed by atoms with van der Waals surface area (Å²) in [5, 5.41) is 3.54. The molecule has 0 bridgehead atoms. The Hall–Kier alpha value is -1.46. The number of hydrogen-bond acceptors (Lipinski definition) is 5. The van der Waals surface area contributed by atoms with Gasteiger partial charge in [-0.3, -0.25) is 4.79 Å². The maximum Gasteiger partial charge on any atom is 0.322 e. The number of esters is 1. The molecule has 0 aromatic heterocycles. The Bertz CT molecular complexity index is 465. The average Bonchev–Trinajstić information content (AvgIpc) is 2.44. The van der Waals surface area contributed by atoms with Crippen LogP contribution >= 0.6 is 11.6 Å². The number of carbonyl (C=O) groups is 1. The van der Waals surface area contributed by atoms with Crippen LogP contribution in [0.2, 0.25) is 5.02 Å². The second kappa shape index (κ2) is 7.97. The van der Waals surface area contributed by atoms with Crippen molar-refractivity contribution in [2.24, 2.45) is 0 Å². The highest BCUT2D eigenvalue weighted by molar-refractivity contribution is 6.32. The second-order valence-corrected chi connectivity index (χ2v) is 4.57.